The lowest BCUT2D eigenvalue weighted by Crippen LogP contribution is -2.03. The Morgan fingerprint density at radius 2 is 1.67 bits per heavy atom. The number of carbonyl (C=O) groups is 2. The van der Waals surface area contributed by atoms with Gasteiger partial charge >= 0.3 is 11.9 Å². The fourth-order valence-electron chi connectivity index (χ4n) is 0.874. The van der Waals surface area contributed by atoms with E-state index >= 15 is 0 Å². The van der Waals surface area contributed by atoms with Gasteiger partial charge in [-0.15, -0.1) is 0 Å². The molecule has 1 rings (SSSR count). The van der Waals surface area contributed by atoms with Gasteiger partial charge < -0.3 is 29.6 Å². The van der Waals surface area contributed by atoms with E-state index in [9.17, 15) is 9.59 Å². The summed E-state index contributed by atoms with van der Waals surface area (Å²) in [4.78, 5) is 20.5. The van der Waals surface area contributed by atoms with E-state index in [1.807, 2.05) is 0 Å². The minimum atomic E-state index is -1.38. The average Bonchev–Trinajstić information content (AvgIpc) is 2.79. The molecule has 8 nitrogen and oxygen atoms in total. The summed E-state index contributed by atoms with van der Waals surface area (Å²) in [6.07, 6.45) is 1.02. The van der Waals surface area contributed by atoms with Crippen LogP contribution in [0.5, 0.6) is 0 Å². The van der Waals surface area contributed by atoms with Crippen LogP contribution >= 0.6 is 0 Å². The predicted octanol–water partition coefficient (Wildman–Crippen LogP) is -0.336. The van der Waals surface area contributed by atoms with Gasteiger partial charge in [0.1, 0.15) is 5.56 Å². The molecule has 4 N–H and O–H groups in total. The Morgan fingerprint density at radius 3 is 2.00 bits per heavy atom. The Kier molecular flexibility index (Phi) is 8.20. The zero-order valence-corrected chi connectivity index (χ0v) is 9.40. The van der Waals surface area contributed by atoms with E-state index in [2.05, 4.69) is 9.15 Å². The van der Waals surface area contributed by atoms with E-state index in [1.54, 1.807) is 0 Å². The third kappa shape index (κ3) is 5.99. The van der Waals surface area contributed by atoms with Crippen molar-refractivity contribution in [3.63, 3.8) is 0 Å². The monoisotopic (exact) mass is 262 g/mol. The lowest BCUT2D eigenvalue weighted by Gasteiger charge is -1.94. The van der Waals surface area contributed by atoms with Gasteiger partial charge in [-0.1, -0.05) is 0 Å². The highest BCUT2D eigenvalue weighted by Crippen LogP contribution is 2.09. The minimum absolute atomic E-state index is 0.0278. The highest BCUT2D eigenvalue weighted by Gasteiger charge is 2.18. The van der Waals surface area contributed by atoms with Crippen LogP contribution in [-0.4, -0.2) is 58.8 Å². The molecule has 0 saturated heterocycles. The van der Waals surface area contributed by atoms with Crippen molar-refractivity contribution in [2.24, 2.45) is 0 Å². The highest BCUT2D eigenvalue weighted by atomic mass is 16.5. The van der Waals surface area contributed by atoms with E-state index in [0.717, 1.165) is 12.3 Å². The summed E-state index contributed by atoms with van der Waals surface area (Å²) >= 11 is 0. The number of ether oxygens (including phenoxy) is 1. The van der Waals surface area contributed by atoms with Gasteiger partial charge in [0.25, 0.3) is 0 Å². The molecule has 8 heteroatoms. The zero-order chi connectivity index (χ0) is 14.0. The normalized spacial score (nSPS) is 9.44. The van der Waals surface area contributed by atoms with Gasteiger partial charge in [-0.3, -0.25) is 0 Å². The van der Waals surface area contributed by atoms with Crippen molar-refractivity contribution in [2.75, 3.05) is 26.4 Å². The molecule has 0 amide bonds. The molecule has 0 atom stereocenters. The molecule has 0 aliphatic carbocycles. The van der Waals surface area contributed by atoms with Crippen molar-refractivity contribution >= 4 is 11.9 Å². The Hall–Kier alpha value is -1.90. The standard InChI is InChI=1S/C6H4O5.C4H10O3/c7-5(8)3-1-2-11-4(3)6(9)10;5-1-3-7-4-2-6/h1-2H,(H,7,8)(H,9,10);5-6H,1-4H2. The maximum Gasteiger partial charge on any atom is 0.372 e. The van der Waals surface area contributed by atoms with E-state index < -0.39 is 17.7 Å². The summed E-state index contributed by atoms with van der Waals surface area (Å²) in [6.45, 7) is 0.696. The molecule has 0 aliphatic rings. The van der Waals surface area contributed by atoms with E-state index in [0.29, 0.717) is 13.2 Å². The molecule has 0 bridgehead atoms. The number of aromatic carboxylic acids is 2. The number of furan rings is 1. The Morgan fingerprint density at radius 1 is 1.11 bits per heavy atom. The van der Waals surface area contributed by atoms with Gasteiger partial charge in [0.05, 0.1) is 32.7 Å². The largest absolute Gasteiger partial charge is 0.478 e. The third-order valence-electron chi connectivity index (χ3n) is 1.56. The molecule has 0 spiro atoms. The van der Waals surface area contributed by atoms with Gasteiger partial charge in [0.15, 0.2) is 0 Å². The second-order valence-electron chi connectivity index (χ2n) is 2.83. The van der Waals surface area contributed by atoms with Crippen LogP contribution in [0.3, 0.4) is 0 Å². The molecule has 1 aromatic heterocycles. The number of carboxylic acids is 2. The first-order valence-corrected chi connectivity index (χ1v) is 4.88. The second kappa shape index (κ2) is 9.16. The third-order valence-corrected chi connectivity index (χ3v) is 1.56. The summed E-state index contributed by atoms with van der Waals surface area (Å²) in [6, 6.07) is 1.09. The summed E-state index contributed by atoms with van der Waals surface area (Å²) in [7, 11) is 0. The fraction of sp³-hybridized carbons (Fsp3) is 0.400. The first-order chi connectivity index (χ1) is 8.54. The number of hydrogen-bond donors (Lipinski definition) is 4. The molecular weight excluding hydrogens is 248 g/mol. The van der Waals surface area contributed by atoms with Gasteiger partial charge in [-0.05, 0) is 6.07 Å². The van der Waals surface area contributed by atoms with Crippen LogP contribution in [0.2, 0.25) is 0 Å². The molecule has 0 unspecified atom stereocenters. The Bertz CT molecular complexity index is 337. The van der Waals surface area contributed by atoms with Crippen molar-refractivity contribution in [2.45, 2.75) is 0 Å². The maximum atomic E-state index is 10.3. The summed E-state index contributed by atoms with van der Waals surface area (Å²) in [5.41, 5.74) is -0.336. The molecule has 102 valence electrons. The number of hydrogen-bond acceptors (Lipinski definition) is 6. The summed E-state index contributed by atoms with van der Waals surface area (Å²) in [5.74, 6) is -3.24. The quantitative estimate of drug-likeness (QED) is 0.511. The van der Waals surface area contributed by atoms with Crippen LogP contribution in [0, 0.1) is 0 Å². The van der Waals surface area contributed by atoms with Crippen LogP contribution in [-0.2, 0) is 4.74 Å². The smallest absolute Gasteiger partial charge is 0.372 e. The molecule has 18 heavy (non-hydrogen) atoms. The molecular formula is C10H14O8. The lowest BCUT2D eigenvalue weighted by atomic mass is 10.2. The zero-order valence-electron chi connectivity index (χ0n) is 9.40. The summed E-state index contributed by atoms with van der Waals surface area (Å²) < 4.78 is 9.04. The topological polar surface area (TPSA) is 137 Å². The molecule has 0 aliphatic heterocycles. The van der Waals surface area contributed by atoms with Crippen LogP contribution < -0.4 is 0 Å². The fourth-order valence-corrected chi connectivity index (χ4v) is 0.874. The first kappa shape index (κ1) is 16.1. The predicted molar refractivity (Wildman–Crippen MR) is 57.6 cm³/mol. The molecule has 1 heterocycles. The number of aliphatic hydroxyl groups is 2. The van der Waals surface area contributed by atoms with Crippen LogP contribution in [0.1, 0.15) is 20.9 Å². The van der Waals surface area contributed by atoms with Crippen molar-refractivity contribution in [1.82, 2.24) is 0 Å². The van der Waals surface area contributed by atoms with Crippen LogP contribution in [0.15, 0.2) is 16.7 Å². The maximum absolute atomic E-state index is 10.3. The highest BCUT2D eigenvalue weighted by molar-refractivity contribution is 5.99. The molecule has 0 radical (unpaired) electrons. The van der Waals surface area contributed by atoms with Crippen molar-refractivity contribution in [3.05, 3.63) is 23.7 Å². The minimum Gasteiger partial charge on any atom is -0.478 e. The van der Waals surface area contributed by atoms with Crippen molar-refractivity contribution in [1.29, 1.82) is 0 Å². The van der Waals surface area contributed by atoms with Gasteiger partial charge in [0.2, 0.25) is 5.76 Å². The molecule has 0 saturated carbocycles. The van der Waals surface area contributed by atoms with E-state index in [-0.39, 0.29) is 18.8 Å². The second-order valence-corrected chi connectivity index (χ2v) is 2.83. The molecule has 0 aromatic carbocycles. The van der Waals surface area contributed by atoms with Gasteiger partial charge in [-0.25, -0.2) is 9.59 Å². The van der Waals surface area contributed by atoms with Crippen molar-refractivity contribution in [3.8, 4) is 0 Å². The Labute approximate surface area is 102 Å². The lowest BCUT2D eigenvalue weighted by molar-refractivity contribution is 0.0626. The molecule has 0 fully saturated rings. The SMILES string of the molecule is O=C(O)c1ccoc1C(=O)O.OCCOCCO. The van der Waals surface area contributed by atoms with Gasteiger partial charge in [0, 0.05) is 0 Å². The van der Waals surface area contributed by atoms with Crippen LogP contribution in [0.4, 0.5) is 0 Å². The number of rotatable bonds is 6. The number of aliphatic hydroxyl groups excluding tert-OH is 2. The van der Waals surface area contributed by atoms with Crippen molar-refractivity contribution < 1.29 is 39.2 Å². The van der Waals surface area contributed by atoms with E-state index in [4.69, 9.17) is 20.4 Å². The number of carboxylic acid groups (broad SMARTS) is 2. The Balaban J connectivity index is 0.000000360. The molecule has 1 aromatic rings. The first-order valence-electron chi connectivity index (χ1n) is 4.88. The van der Waals surface area contributed by atoms with Crippen LogP contribution in [0.25, 0.3) is 0 Å². The summed E-state index contributed by atoms with van der Waals surface area (Å²) in [5, 5.41) is 32.9. The van der Waals surface area contributed by atoms with Gasteiger partial charge in [-0.2, -0.15) is 0 Å². The van der Waals surface area contributed by atoms with E-state index in [1.165, 1.54) is 0 Å². The average molecular weight is 262 g/mol.